The Kier molecular flexibility index (Phi) is 5.31. The molecule has 1 N–H and O–H groups in total. The molecule has 2 nitrogen and oxygen atoms in total. The summed E-state index contributed by atoms with van der Waals surface area (Å²) >= 11 is 0. The van der Waals surface area contributed by atoms with Gasteiger partial charge in [0.1, 0.15) is 0 Å². The minimum atomic E-state index is 0.440. The third-order valence-corrected chi connectivity index (χ3v) is 3.65. The van der Waals surface area contributed by atoms with Crippen molar-refractivity contribution in [1.29, 1.82) is 0 Å². The molecule has 1 aromatic carbocycles. The molecule has 0 fully saturated rings. The number of nitrogens with one attached hydrogen (secondary N) is 1. The molecule has 0 aliphatic heterocycles. The number of hydrogen-bond acceptors (Lipinski definition) is 2. The van der Waals surface area contributed by atoms with Crippen LogP contribution in [0.4, 0.5) is 0 Å². The van der Waals surface area contributed by atoms with E-state index in [-0.39, 0.29) is 0 Å². The molecule has 0 aliphatic carbocycles. The van der Waals surface area contributed by atoms with Crippen molar-refractivity contribution < 1.29 is 0 Å². The number of aromatic nitrogens is 1. The summed E-state index contributed by atoms with van der Waals surface area (Å²) in [6.07, 6.45) is 3.90. The molecule has 1 atom stereocenters. The lowest BCUT2D eigenvalue weighted by atomic mass is 9.96. The monoisotopic (exact) mass is 268 g/mol. The van der Waals surface area contributed by atoms with Crippen molar-refractivity contribution in [2.45, 2.75) is 39.7 Å². The van der Waals surface area contributed by atoms with E-state index in [4.69, 9.17) is 0 Å². The van der Waals surface area contributed by atoms with E-state index in [9.17, 15) is 0 Å². The third kappa shape index (κ3) is 4.17. The van der Waals surface area contributed by atoms with E-state index in [1.54, 1.807) is 0 Å². The lowest BCUT2D eigenvalue weighted by Gasteiger charge is -2.19. The van der Waals surface area contributed by atoms with Crippen LogP contribution in [-0.2, 0) is 12.8 Å². The zero-order valence-corrected chi connectivity index (χ0v) is 12.7. The highest BCUT2D eigenvalue weighted by Gasteiger charge is 2.11. The van der Waals surface area contributed by atoms with Gasteiger partial charge in [-0.15, -0.1) is 0 Å². The van der Waals surface area contributed by atoms with Crippen LogP contribution in [0.3, 0.4) is 0 Å². The predicted molar refractivity (Wildman–Crippen MR) is 85.0 cm³/mol. The molecule has 20 heavy (non-hydrogen) atoms. The molecule has 2 rings (SSSR count). The normalized spacial score (nSPS) is 12.3. The highest BCUT2D eigenvalue weighted by Crippen LogP contribution is 2.14. The van der Waals surface area contributed by atoms with Crippen LogP contribution < -0.4 is 5.32 Å². The highest BCUT2D eigenvalue weighted by atomic mass is 14.9. The van der Waals surface area contributed by atoms with Crippen molar-refractivity contribution in [1.82, 2.24) is 10.3 Å². The zero-order valence-electron chi connectivity index (χ0n) is 12.7. The molecule has 2 heteroatoms. The Morgan fingerprint density at radius 3 is 2.65 bits per heavy atom. The molecular weight excluding hydrogens is 244 g/mol. The zero-order chi connectivity index (χ0) is 14.4. The summed E-state index contributed by atoms with van der Waals surface area (Å²) in [6.45, 7) is 7.50. The van der Waals surface area contributed by atoms with E-state index in [2.05, 4.69) is 61.4 Å². The number of nitrogens with zero attached hydrogens (tertiary/aromatic N) is 1. The second-order valence-corrected chi connectivity index (χ2v) is 5.41. The number of benzene rings is 1. The molecule has 1 heterocycles. The van der Waals surface area contributed by atoms with Gasteiger partial charge in [-0.25, -0.2) is 0 Å². The van der Waals surface area contributed by atoms with Gasteiger partial charge in [0.05, 0.1) is 0 Å². The van der Waals surface area contributed by atoms with Crippen LogP contribution in [0.25, 0.3) is 0 Å². The first-order valence-electron chi connectivity index (χ1n) is 7.38. The molecule has 0 aliphatic rings. The smallest absolute Gasteiger partial charge is 0.0419 e. The van der Waals surface area contributed by atoms with Gasteiger partial charge in [-0.3, -0.25) is 4.98 Å². The van der Waals surface area contributed by atoms with Crippen LogP contribution >= 0.6 is 0 Å². The molecule has 0 spiro atoms. The molecule has 0 bridgehead atoms. The van der Waals surface area contributed by atoms with Gasteiger partial charge in [0, 0.05) is 24.4 Å². The summed E-state index contributed by atoms with van der Waals surface area (Å²) in [7, 11) is 0. The van der Waals surface area contributed by atoms with Gasteiger partial charge in [-0.2, -0.15) is 0 Å². The number of aryl methyl sites for hydroxylation is 2. The Morgan fingerprint density at radius 2 is 1.95 bits per heavy atom. The standard InChI is InChI=1S/C18H24N2/c1-4-19-18(13-17-7-5-6-10-20-17)12-16-11-14(2)8-9-15(16)3/h5-11,18-19H,4,12-13H2,1-3H3. The fourth-order valence-corrected chi connectivity index (χ4v) is 2.56. The molecule has 0 saturated heterocycles. The number of likely N-dealkylation sites (N-methyl/N-ethyl adjacent to an activating group) is 1. The Bertz CT molecular complexity index is 534. The minimum absolute atomic E-state index is 0.440. The largest absolute Gasteiger partial charge is 0.314 e. The van der Waals surface area contributed by atoms with Crippen LogP contribution in [0.15, 0.2) is 42.6 Å². The molecule has 1 aromatic heterocycles. The topological polar surface area (TPSA) is 24.9 Å². The van der Waals surface area contributed by atoms with Gasteiger partial charge in [0.2, 0.25) is 0 Å². The third-order valence-electron chi connectivity index (χ3n) is 3.65. The van der Waals surface area contributed by atoms with Crippen molar-refractivity contribution in [2.24, 2.45) is 0 Å². The Hall–Kier alpha value is -1.67. The molecule has 1 unspecified atom stereocenters. The summed E-state index contributed by atoms with van der Waals surface area (Å²) in [5.74, 6) is 0. The number of hydrogen-bond donors (Lipinski definition) is 1. The van der Waals surface area contributed by atoms with Gasteiger partial charge in [0.15, 0.2) is 0 Å². The molecule has 2 aromatic rings. The van der Waals surface area contributed by atoms with Crippen molar-refractivity contribution in [3.63, 3.8) is 0 Å². The Morgan fingerprint density at radius 1 is 1.10 bits per heavy atom. The van der Waals surface area contributed by atoms with Crippen molar-refractivity contribution in [3.05, 3.63) is 65.0 Å². The van der Waals surface area contributed by atoms with E-state index in [1.165, 1.54) is 16.7 Å². The quantitative estimate of drug-likeness (QED) is 0.868. The van der Waals surface area contributed by atoms with Crippen molar-refractivity contribution in [3.8, 4) is 0 Å². The Labute approximate surface area is 122 Å². The maximum Gasteiger partial charge on any atom is 0.0419 e. The summed E-state index contributed by atoms with van der Waals surface area (Å²) in [5.41, 5.74) is 5.30. The summed E-state index contributed by atoms with van der Waals surface area (Å²) < 4.78 is 0. The highest BCUT2D eigenvalue weighted by molar-refractivity contribution is 5.31. The van der Waals surface area contributed by atoms with Crippen molar-refractivity contribution >= 4 is 0 Å². The van der Waals surface area contributed by atoms with E-state index < -0.39 is 0 Å². The number of rotatable bonds is 6. The van der Waals surface area contributed by atoms with Gasteiger partial charge in [-0.05, 0) is 50.1 Å². The summed E-state index contributed by atoms with van der Waals surface area (Å²) in [4.78, 5) is 4.44. The van der Waals surface area contributed by atoms with E-state index in [1.807, 2.05) is 12.3 Å². The first-order chi connectivity index (χ1) is 9.69. The summed E-state index contributed by atoms with van der Waals surface area (Å²) in [6, 6.07) is 13.3. The van der Waals surface area contributed by atoms with Crippen LogP contribution in [0.5, 0.6) is 0 Å². The van der Waals surface area contributed by atoms with Gasteiger partial charge >= 0.3 is 0 Å². The lowest BCUT2D eigenvalue weighted by Crippen LogP contribution is -2.33. The predicted octanol–water partition coefficient (Wildman–Crippen LogP) is 3.46. The SMILES string of the molecule is CCNC(Cc1ccccn1)Cc1cc(C)ccc1C. The van der Waals surface area contributed by atoms with Crippen LogP contribution in [0.1, 0.15) is 29.3 Å². The van der Waals surface area contributed by atoms with E-state index in [0.29, 0.717) is 6.04 Å². The first-order valence-corrected chi connectivity index (χ1v) is 7.38. The van der Waals surface area contributed by atoms with Gasteiger partial charge < -0.3 is 5.32 Å². The van der Waals surface area contributed by atoms with Crippen molar-refractivity contribution in [2.75, 3.05) is 6.54 Å². The minimum Gasteiger partial charge on any atom is -0.314 e. The van der Waals surface area contributed by atoms with E-state index in [0.717, 1.165) is 25.1 Å². The summed E-state index contributed by atoms with van der Waals surface area (Å²) in [5, 5.41) is 3.59. The fraction of sp³-hybridized carbons (Fsp3) is 0.389. The van der Waals surface area contributed by atoms with Crippen LogP contribution in [-0.4, -0.2) is 17.6 Å². The maximum absolute atomic E-state index is 4.44. The first kappa shape index (κ1) is 14.7. The maximum atomic E-state index is 4.44. The number of pyridine rings is 1. The lowest BCUT2D eigenvalue weighted by molar-refractivity contribution is 0.515. The Balaban J connectivity index is 2.11. The van der Waals surface area contributed by atoms with Gasteiger partial charge in [0.25, 0.3) is 0 Å². The molecule has 0 saturated carbocycles. The molecular formula is C18H24N2. The van der Waals surface area contributed by atoms with E-state index >= 15 is 0 Å². The second-order valence-electron chi connectivity index (χ2n) is 5.41. The van der Waals surface area contributed by atoms with Crippen LogP contribution in [0.2, 0.25) is 0 Å². The average Bonchev–Trinajstić information content (AvgIpc) is 2.44. The fourth-order valence-electron chi connectivity index (χ4n) is 2.56. The van der Waals surface area contributed by atoms with Gasteiger partial charge in [-0.1, -0.05) is 36.8 Å². The average molecular weight is 268 g/mol. The van der Waals surface area contributed by atoms with Crippen LogP contribution in [0, 0.1) is 13.8 Å². The second kappa shape index (κ2) is 7.20. The molecule has 0 radical (unpaired) electrons. The molecule has 106 valence electrons. The molecule has 0 amide bonds.